The first-order chi connectivity index (χ1) is 26.3. The molecule has 10 rings (SSSR count). The number of hydrogen-bond donors (Lipinski definition) is 0. The highest BCUT2D eigenvalue weighted by molar-refractivity contribution is 6.18. The summed E-state index contributed by atoms with van der Waals surface area (Å²) in [7, 11) is 0. The van der Waals surface area contributed by atoms with Crippen molar-refractivity contribution in [2.45, 2.75) is 0 Å². The van der Waals surface area contributed by atoms with E-state index in [0.717, 1.165) is 66.8 Å². The van der Waals surface area contributed by atoms with Crippen LogP contribution < -0.4 is 4.90 Å². The number of rotatable bonds is 7. The summed E-state index contributed by atoms with van der Waals surface area (Å²) in [5.41, 5.74) is 14.1. The van der Waals surface area contributed by atoms with Gasteiger partial charge in [-0.1, -0.05) is 133 Å². The van der Waals surface area contributed by atoms with Gasteiger partial charge in [0.1, 0.15) is 16.7 Å². The molecule has 0 amide bonds. The zero-order valence-corrected chi connectivity index (χ0v) is 28.7. The lowest BCUT2D eigenvalue weighted by Gasteiger charge is -2.26. The summed E-state index contributed by atoms with van der Waals surface area (Å²) in [5.74, 6) is 0.600. The van der Waals surface area contributed by atoms with Gasteiger partial charge in [0.05, 0.1) is 5.39 Å². The largest absolute Gasteiger partial charge is 0.455 e. The fourth-order valence-electron chi connectivity index (χ4n) is 7.30. The molecule has 0 N–H and O–H groups in total. The van der Waals surface area contributed by atoms with Crippen molar-refractivity contribution < 1.29 is 8.83 Å². The van der Waals surface area contributed by atoms with Crippen molar-refractivity contribution >= 4 is 50.1 Å². The maximum atomic E-state index is 6.57. The Morgan fingerprint density at radius 1 is 0.358 bits per heavy atom. The smallest absolute Gasteiger partial charge is 0.227 e. The van der Waals surface area contributed by atoms with Gasteiger partial charge >= 0.3 is 0 Å². The number of anilines is 3. The number of nitrogens with zero attached hydrogens (tertiary/aromatic N) is 2. The van der Waals surface area contributed by atoms with Crippen LogP contribution in [-0.2, 0) is 0 Å². The minimum atomic E-state index is 0.600. The summed E-state index contributed by atoms with van der Waals surface area (Å²) in [6.45, 7) is 0. The van der Waals surface area contributed by atoms with Crippen LogP contribution in [0.2, 0.25) is 0 Å². The zero-order valence-electron chi connectivity index (χ0n) is 28.7. The molecule has 0 radical (unpaired) electrons. The van der Waals surface area contributed by atoms with Crippen LogP contribution >= 0.6 is 0 Å². The summed E-state index contributed by atoms with van der Waals surface area (Å²) in [6.07, 6.45) is 0. The summed E-state index contributed by atoms with van der Waals surface area (Å²) in [5, 5.41) is 1.94. The zero-order chi connectivity index (χ0) is 35.1. The summed E-state index contributed by atoms with van der Waals surface area (Å²) >= 11 is 0. The summed E-state index contributed by atoms with van der Waals surface area (Å²) in [4.78, 5) is 7.11. The Hall–Kier alpha value is -7.17. The number of para-hydroxylation sites is 1. The molecule has 0 aliphatic carbocycles. The standard InChI is InChI=1S/C49H32N2O2/c1-4-11-33(12-5-1)35-19-25-39(26-20-35)51(40-27-21-36(22-28-40)34-13-6-2-7-14-34)41-29-23-37(24-30-41)42-17-10-18-43-46-45(52-47(42)43)32-31-44-48(46)53-49(50-44)38-15-8-3-9-16-38/h1-32H. The van der Waals surface area contributed by atoms with Gasteiger partial charge in [-0.25, -0.2) is 4.98 Å². The van der Waals surface area contributed by atoms with Gasteiger partial charge in [-0.2, -0.15) is 0 Å². The van der Waals surface area contributed by atoms with Crippen molar-refractivity contribution in [3.05, 3.63) is 194 Å². The van der Waals surface area contributed by atoms with E-state index in [1.807, 2.05) is 54.6 Å². The molecule has 10 aromatic rings. The number of benzene rings is 8. The Morgan fingerprint density at radius 3 is 1.40 bits per heavy atom. The summed E-state index contributed by atoms with van der Waals surface area (Å²) < 4.78 is 13.0. The van der Waals surface area contributed by atoms with Crippen LogP contribution in [0.25, 0.3) is 77.9 Å². The average molecular weight is 681 g/mol. The lowest BCUT2D eigenvalue weighted by Crippen LogP contribution is -2.09. The van der Waals surface area contributed by atoms with Gasteiger partial charge < -0.3 is 13.7 Å². The average Bonchev–Trinajstić information content (AvgIpc) is 3.85. The second-order valence-corrected chi connectivity index (χ2v) is 13.2. The van der Waals surface area contributed by atoms with Gasteiger partial charge in [-0.05, 0) is 88.5 Å². The fourth-order valence-corrected chi connectivity index (χ4v) is 7.30. The van der Waals surface area contributed by atoms with Crippen molar-refractivity contribution in [1.82, 2.24) is 4.98 Å². The molecule has 0 aliphatic heterocycles. The number of aromatic nitrogens is 1. The van der Waals surface area contributed by atoms with Gasteiger partial charge in [0.25, 0.3) is 0 Å². The topological polar surface area (TPSA) is 42.4 Å². The van der Waals surface area contributed by atoms with Gasteiger partial charge in [0.15, 0.2) is 5.58 Å². The third-order valence-electron chi connectivity index (χ3n) is 9.94. The van der Waals surface area contributed by atoms with Crippen LogP contribution in [0.15, 0.2) is 203 Å². The molecule has 250 valence electrons. The highest BCUT2D eigenvalue weighted by Crippen LogP contribution is 2.42. The van der Waals surface area contributed by atoms with Gasteiger partial charge in [0.2, 0.25) is 5.89 Å². The van der Waals surface area contributed by atoms with Crippen molar-refractivity contribution in [1.29, 1.82) is 0 Å². The van der Waals surface area contributed by atoms with Crippen LogP contribution in [0.3, 0.4) is 0 Å². The van der Waals surface area contributed by atoms with E-state index >= 15 is 0 Å². The second-order valence-electron chi connectivity index (χ2n) is 13.2. The molecule has 2 aromatic heterocycles. The van der Waals surface area contributed by atoms with Crippen molar-refractivity contribution in [2.24, 2.45) is 0 Å². The van der Waals surface area contributed by atoms with Crippen LogP contribution in [-0.4, -0.2) is 4.98 Å². The number of fused-ring (bicyclic) bond motifs is 5. The summed E-state index contributed by atoms with van der Waals surface area (Å²) in [6, 6.07) is 67.6. The monoisotopic (exact) mass is 680 g/mol. The number of furan rings is 1. The SMILES string of the molecule is c1ccc(-c2ccc(N(c3ccc(-c4ccccc4)cc3)c3ccc(-c4cccc5c4oc4ccc6nc(-c7ccccc7)oc6c45)cc3)cc2)cc1. The highest BCUT2D eigenvalue weighted by Gasteiger charge is 2.19. The van der Waals surface area contributed by atoms with Crippen molar-refractivity contribution in [2.75, 3.05) is 4.90 Å². The van der Waals surface area contributed by atoms with E-state index in [1.165, 1.54) is 22.3 Å². The minimum Gasteiger partial charge on any atom is -0.455 e. The predicted octanol–water partition coefficient (Wildman–Crippen LogP) is 13.9. The molecular weight excluding hydrogens is 649 g/mol. The van der Waals surface area contributed by atoms with Crippen LogP contribution in [0, 0.1) is 0 Å². The molecule has 8 aromatic carbocycles. The maximum Gasteiger partial charge on any atom is 0.227 e. The molecular formula is C49H32N2O2. The predicted molar refractivity (Wildman–Crippen MR) is 218 cm³/mol. The normalized spacial score (nSPS) is 11.4. The Labute approximate surface area is 306 Å². The lowest BCUT2D eigenvalue weighted by atomic mass is 10.0. The molecule has 4 heteroatoms. The van der Waals surface area contributed by atoms with E-state index in [4.69, 9.17) is 13.8 Å². The van der Waals surface area contributed by atoms with E-state index in [0.29, 0.717) is 5.89 Å². The van der Waals surface area contributed by atoms with Crippen molar-refractivity contribution in [3.8, 4) is 44.8 Å². The minimum absolute atomic E-state index is 0.600. The second kappa shape index (κ2) is 12.9. The molecule has 0 bridgehead atoms. The molecule has 53 heavy (non-hydrogen) atoms. The van der Waals surface area contributed by atoms with E-state index in [2.05, 4.69) is 144 Å². The first-order valence-electron chi connectivity index (χ1n) is 17.8. The molecule has 0 unspecified atom stereocenters. The maximum absolute atomic E-state index is 6.57. The quantitative estimate of drug-likeness (QED) is 0.168. The fraction of sp³-hybridized carbons (Fsp3) is 0. The van der Waals surface area contributed by atoms with Gasteiger partial charge in [-0.3, -0.25) is 0 Å². The first-order valence-corrected chi connectivity index (χ1v) is 17.8. The van der Waals surface area contributed by atoms with Crippen molar-refractivity contribution in [3.63, 3.8) is 0 Å². The molecule has 0 saturated carbocycles. The van der Waals surface area contributed by atoms with Gasteiger partial charge in [0, 0.05) is 33.6 Å². The van der Waals surface area contributed by atoms with E-state index in [-0.39, 0.29) is 0 Å². The number of hydrogen-bond acceptors (Lipinski definition) is 4. The molecule has 0 fully saturated rings. The van der Waals surface area contributed by atoms with Crippen LogP contribution in [0.4, 0.5) is 17.1 Å². The third kappa shape index (κ3) is 5.54. The Kier molecular flexibility index (Phi) is 7.43. The van der Waals surface area contributed by atoms with E-state index in [1.54, 1.807) is 0 Å². The van der Waals surface area contributed by atoms with Crippen LogP contribution in [0.1, 0.15) is 0 Å². The molecule has 0 atom stereocenters. The Bertz CT molecular complexity index is 2760. The Balaban J connectivity index is 1.04. The number of oxazole rings is 1. The van der Waals surface area contributed by atoms with E-state index in [9.17, 15) is 0 Å². The molecule has 0 spiro atoms. The third-order valence-corrected chi connectivity index (χ3v) is 9.94. The first kappa shape index (κ1) is 30.6. The highest BCUT2D eigenvalue weighted by atomic mass is 16.4. The molecule has 0 saturated heterocycles. The molecule has 0 aliphatic rings. The Morgan fingerprint density at radius 2 is 0.849 bits per heavy atom. The molecule has 2 heterocycles. The van der Waals surface area contributed by atoms with Gasteiger partial charge in [-0.15, -0.1) is 0 Å². The molecule has 4 nitrogen and oxygen atoms in total. The van der Waals surface area contributed by atoms with E-state index < -0.39 is 0 Å². The van der Waals surface area contributed by atoms with Crippen LogP contribution in [0.5, 0.6) is 0 Å². The lowest BCUT2D eigenvalue weighted by molar-refractivity contribution is 0.622.